The van der Waals surface area contributed by atoms with Crippen LogP contribution in [-0.2, 0) is 0 Å². The summed E-state index contributed by atoms with van der Waals surface area (Å²) in [7, 11) is 0. The standard InChI is InChI=1S/C8H17NS/c1-2-3-4-5-6-9-7-8-10/h4-5,9-10H,2-3,6-8H2,1H3/b5-4+. The Hall–Kier alpha value is 0.0500. The third kappa shape index (κ3) is 8.05. The molecule has 0 saturated heterocycles. The van der Waals surface area contributed by atoms with E-state index in [0.717, 1.165) is 18.8 Å². The lowest BCUT2D eigenvalue weighted by atomic mass is 10.3. The molecule has 0 unspecified atom stereocenters. The van der Waals surface area contributed by atoms with Gasteiger partial charge < -0.3 is 5.32 Å². The molecule has 10 heavy (non-hydrogen) atoms. The molecule has 0 aromatic rings. The highest BCUT2D eigenvalue weighted by atomic mass is 32.1. The molecule has 0 aliphatic rings. The molecule has 1 N–H and O–H groups in total. The summed E-state index contributed by atoms with van der Waals surface area (Å²) in [6.07, 6.45) is 6.82. The van der Waals surface area contributed by atoms with E-state index in [1.165, 1.54) is 12.8 Å². The molecule has 0 rings (SSSR count). The average Bonchev–Trinajstić information content (AvgIpc) is 1.97. The molecule has 0 aliphatic carbocycles. The summed E-state index contributed by atoms with van der Waals surface area (Å²) in [5, 5.41) is 3.23. The van der Waals surface area contributed by atoms with Gasteiger partial charge in [-0.25, -0.2) is 0 Å². The summed E-state index contributed by atoms with van der Waals surface area (Å²) in [5.74, 6) is 0.918. The van der Waals surface area contributed by atoms with Crippen LogP contribution in [0.3, 0.4) is 0 Å². The maximum atomic E-state index is 4.08. The lowest BCUT2D eigenvalue weighted by molar-refractivity contribution is 0.803. The van der Waals surface area contributed by atoms with Crippen molar-refractivity contribution in [1.29, 1.82) is 0 Å². The van der Waals surface area contributed by atoms with Crippen molar-refractivity contribution in [3.05, 3.63) is 12.2 Å². The van der Waals surface area contributed by atoms with Crippen LogP contribution >= 0.6 is 12.6 Å². The fraction of sp³-hybridized carbons (Fsp3) is 0.750. The van der Waals surface area contributed by atoms with Gasteiger partial charge in [-0.05, 0) is 6.42 Å². The van der Waals surface area contributed by atoms with E-state index in [1.54, 1.807) is 0 Å². The molecule has 0 amide bonds. The van der Waals surface area contributed by atoms with Crippen molar-refractivity contribution in [2.45, 2.75) is 19.8 Å². The Bertz CT molecular complexity index is 81.3. The zero-order valence-corrected chi connectivity index (χ0v) is 7.53. The summed E-state index contributed by atoms with van der Waals surface area (Å²) in [6, 6.07) is 0. The molecule has 0 atom stereocenters. The first kappa shape index (κ1) is 10.0. The Kier molecular flexibility index (Phi) is 9.10. The van der Waals surface area contributed by atoms with Crippen molar-refractivity contribution in [1.82, 2.24) is 5.32 Å². The van der Waals surface area contributed by atoms with Crippen molar-refractivity contribution in [2.24, 2.45) is 0 Å². The van der Waals surface area contributed by atoms with Crippen molar-refractivity contribution < 1.29 is 0 Å². The first-order valence-corrected chi connectivity index (χ1v) is 4.51. The van der Waals surface area contributed by atoms with E-state index in [2.05, 4.69) is 37.0 Å². The highest BCUT2D eigenvalue weighted by Crippen LogP contribution is 1.86. The summed E-state index contributed by atoms with van der Waals surface area (Å²) in [5.41, 5.74) is 0. The smallest absolute Gasteiger partial charge is 0.0135 e. The second kappa shape index (κ2) is 9.05. The van der Waals surface area contributed by atoms with Crippen LogP contribution < -0.4 is 5.32 Å². The molecule has 0 heterocycles. The van der Waals surface area contributed by atoms with Crippen molar-refractivity contribution in [3.8, 4) is 0 Å². The predicted octanol–water partition coefficient (Wildman–Crippen LogP) is 1.86. The van der Waals surface area contributed by atoms with E-state index < -0.39 is 0 Å². The van der Waals surface area contributed by atoms with Crippen molar-refractivity contribution in [3.63, 3.8) is 0 Å². The van der Waals surface area contributed by atoms with Crippen LogP contribution in [0.2, 0.25) is 0 Å². The second-order valence-corrected chi connectivity index (χ2v) is 2.64. The monoisotopic (exact) mass is 159 g/mol. The Morgan fingerprint density at radius 2 is 2.20 bits per heavy atom. The van der Waals surface area contributed by atoms with E-state index >= 15 is 0 Å². The molecular formula is C8H17NS. The first-order chi connectivity index (χ1) is 4.91. The van der Waals surface area contributed by atoms with Crippen molar-refractivity contribution >= 4 is 12.6 Å². The minimum atomic E-state index is 0.918. The topological polar surface area (TPSA) is 12.0 Å². The fourth-order valence-electron chi connectivity index (χ4n) is 0.632. The zero-order valence-electron chi connectivity index (χ0n) is 6.64. The molecule has 0 radical (unpaired) electrons. The van der Waals surface area contributed by atoms with Crippen LogP contribution in [0, 0.1) is 0 Å². The summed E-state index contributed by atoms with van der Waals surface area (Å²) < 4.78 is 0. The Morgan fingerprint density at radius 1 is 1.40 bits per heavy atom. The number of nitrogens with one attached hydrogen (secondary N) is 1. The highest BCUT2D eigenvalue weighted by Gasteiger charge is 1.77. The van der Waals surface area contributed by atoms with Gasteiger partial charge >= 0.3 is 0 Å². The fourth-order valence-corrected chi connectivity index (χ4v) is 0.790. The molecule has 60 valence electrons. The largest absolute Gasteiger partial charge is 0.312 e. The average molecular weight is 159 g/mol. The summed E-state index contributed by atoms with van der Waals surface area (Å²) in [6.45, 7) is 4.17. The third-order valence-corrected chi connectivity index (χ3v) is 1.40. The van der Waals surface area contributed by atoms with Gasteiger partial charge in [-0.3, -0.25) is 0 Å². The van der Waals surface area contributed by atoms with Gasteiger partial charge in [-0.1, -0.05) is 25.5 Å². The van der Waals surface area contributed by atoms with E-state index in [1.807, 2.05) is 0 Å². The van der Waals surface area contributed by atoms with Crippen molar-refractivity contribution in [2.75, 3.05) is 18.8 Å². The molecule has 0 aromatic heterocycles. The molecule has 0 aromatic carbocycles. The SMILES string of the molecule is CCC/C=C/CNCCS. The molecule has 0 spiro atoms. The number of unbranched alkanes of at least 4 members (excludes halogenated alkanes) is 1. The number of thiol groups is 1. The van der Waals surface area contributed by atoms with Gasteiger partial charge in [-0.15, -0.1) is 0 Å². The van der Waals surface area contributed by atoms with Gasteiger partial charge in [0.15, 0.2) is 0 Å². The van der Waals surface area contributed by atoms with Crippen LogP contribution in [-0.4, -0.2) is 18.8 Å². The molecular weight excluding hydrogens is 142 g/mol. The van der Waals surface area contributed by atoms with Gasteiger partial charge in [0.1, 0.15) is 0 Å². The molecule has 1 nitrogen and oxygen atoms in total. The maximum Gasteiger partial charge on any atom is 0.0135 e. The molecule has 0 saturated carbocycles. The van der Waals surface area contributed by atoms with E-state index in [0.29, 0.717) is 0 Å². The number of rotatable bonds is 6. The molecule has 0 aliphatic heterocycles. The second-order valence-electron chi connectivity index (χ2n) is 2.19. The molecule has 0 bridgehead atoms. The van der Waals surface area contributed by atoms with Gasteiger partial charge in [0.25, 0.3) is 0 Å². The summed E-state index contributed by atoms with van der Waals surface area (Å²) in [4.78, 5) is 0. The van der Waals surface area contributed by atoms with Crippen LogP contribution in [0.1, 0.15) is 19.8 Å². The summed E-state index contributed by atoms with van der Waals surface area (Å²) >= 11 is 4.08. The number of allylic oxidation sites excluding steroid dienone is 1. The lowest BCUT2D eigenvalue weighted by Gasteiger charge is -1.94. The first-order valence-electron chi connectivity index (χ1n) is 3.88. The quantitative estimate of drug-likeness (QED) is 0.342. The minimum Gasteiger partial charge on any atom is -0.312 e. The Balaban J connectivity index is 2.88. The highest BCUT2D eigenvalue weighted by molar-refractivity contribution is 7.80. The lowest BCUT2D eigenvalue weighted by Crippen LogP contribution is -2.15. The Labute approximate surface area is 69.3 Å². The predicted molar refractivity (Wildman–Crippen MR) is 50.8 cm³/mol. The minimum absolute atomic E-state index is 0.918. The van der Waals surface area contributed by atoms with Crippen LogP contribution in [0.15, 0.2) is 12.2 Å². The van der Waals surface area contributed by atoms with Crippen LogP contribution in [0.25, 0.3) is 0 Å². The van der Waals surface area contributed by atoms with Crippen LogP contribution in [0.4, 0.5) is 0 Å². The third-order valence-electron chi connectivity index (χ3n) is 1.17. The van der Waals surface area contributed by atoms with E-state index in [4.69, 9.17) is 0 Å². The zero-order chi connectivity index (χ0) is 7.66. The van der Waals surface area contributed by atoms with Gasteiger partial charge in [0.2, 0.25) is 0 Å². The van der Waals surface area contributed by atoms with E-state index in [9.17, 15) is 0 Å². The normalized spacial score (nSPS) is 11.0. The van der Waals surface area contributed by atoms with Gasteiger partial charge in [0.05, 0.1) is 0 Å². The van der Waals surface area contributed by atoms with Gasteiger partial charge in [-0.2, -0.15) is 12.6 Å². The van der Waals surface area contributed by atoms with Gasteiger partial charge in [0, 0.05) is 18.8 Å². The van der Waals surface area contributed by atoms with Crippen LogP contribution in [0.5, 0.6) is 0 Å². The van der Waals surface area contributed by atoms with E-state index in [-0.39, 0.29) is 0 Å². The molecule has 2 heteroatoms. The number of hydrogen-bond donors (Lipinski definition) is 2. The Morgan fingerprint density at radius 3 is 2.80 bits per heavy atom. The maximum absolute atomic E-state index is 4.08. The molecule has 0 fully saturated rings. The number of hydrogen-bond acceptors (Lipinski definition) is 2.